The summed E-state index contributed by atoms with van der Waals surface area (Å²) in [6.45, 7) is 2.04. The second-order valence-electron chi connectivity index (χ2n) is 5.81. The summed E-state index contributed by atoms with van der Waals surface area (Å²) in [4.78, 5) is 28.4. The molecule has 132 valence electrons. The van der Waals surface area contributed by atoms with Crippen LogP contribution in [0.1, 0.15) is 21.6 Å². The molecule has 0 spiro atoms. The Kier molecular flexibility index (Phi) is 5.43. The standard InChI is InChI=1S/C20H18N2O3S/c1-13-6-8-14(9-7-13)19-22-17(12-26-19)11-18(23)21-16-5-3-4-15(10-16)20(24)25-2/h3-10,12H,11H2,1-2H3,(H,21,23). The van der Waals surface area contributed by atoms with Gasteiger partial charge in [0.05, 0.1) is 24.8 Å². The number of nitrogens with one attached hydrogen (secondary N) is 1. The molecule has 1 N–H and O–H groups in total. The van der Waals surface area contributed by atoms with E-state index in [1.165, 1.54) is 24.0 Å². The van der Waals surface area contributed by atoms with Crippen LogP contribution in [0.15, 0.2) is 53.9 Å². The van der Waals surface area contributed by atoms with Gasteiger partial charge in [-0.1, -0.05) is 35.9 Å². The van der Waals surface area contributed by atoms with Crippen LogP contribution in [0.3, 0.4) is 0 Å². The van der Waals surface area contributed by atoms with Gasteiger partial charge >= 0.3 is 5.97 Å². The van der Waals surface area contributed by atoms with E-state index in [1.54, 1.807) is 24.3 Å². The summed E-state index contributed by atoms with van der Waals surface area (Å²) in [5, 5.41) is 5.56. The number of esters is 1. The molecule has 0 atom stereocenters. The molecule has 0 aliphatic heterocycles. The van der Waals surface area contributed by atoms with Crippen LogP contribution in [0.2, 0.25) is 0 Å². The molecule has 0 bridgehead atoms. The highest BCUT2D eigenvalue weighted by Crippen LogP contribution is 2.24. The fraction of sp³-hybridized carbons (Fsp3) is 0.150. The predicted octanol–water partition coefficient (Wildman–Crippen LogP) is 4.09. The number of ether oxygens (including phenoxy) is 1. The molecule has 0 aliphatic rings. The molecule has 0 saturated heterocycles. The summed E-state index contributed by atoms with van der Waals surface area (Å²) in [5.41, 5.74) is 3.89. The second-order valence-corrected chi connectivity index (χ2v) is 6.67. The maximum atomic E-state index is 12.3. The van der Waals surface area contributed by atoms with Crippen molar-refractivity contribution in [3.8, 4) is 10.6 Å². The molecule has 1 aromatic heterocycles. The molecule has 0 saturated carbocycles. The molecule has 0 aliphatic carbocycles. The number of hydrogen-bond acceptors (Lipinski definition) is 5. The van der Waals surface area contributed by atoms with Crippen LogP contribution in [0.25, 0.3) is 10.6 Å². The van der Waals surface area contributed by atoms with E-state index >= 15 is 0 Å². The fourth-order valence-corrected chi connectivity index (χ4v) is 3.25. The molecule has 1 amide bonds. The summed E-state index contributed by atoms with van der Waals surface area (Å²) >= 11 is 1.51. The van der Waals surface area contributed by atoms with Gasteiger partial charge in [-0.25, -0.2) is 9.78 Å². The van der Waals surface area contributed by atoms with E-state index in [0.29, 0.717) is 16.9 Å². The first kappa shape index (κ1) is 17.8. The van der Waals surface area contributed by atoms with Gasteiger partial charge in [-0.3, -0.25) is 4.79 Å². The lowest BCUT2D eigenvalue weighted by molar-refractivity contribution is -0.115. The summed E-state index contributed by atoms with van der Waals surface area (Å²) in [6, 6.07) is 14.8. The average molecular weight is 366 g/mol. The number of carbonyl (C=O) groups excluding carboxylic acids is 2. The Morgan fingerprint density at radius 3 is 2.65 bits per heavy atom. The third kappa shape index (κ3) is 4.34. The van der Waals surface area contributed by atoms with Gasteiger partial charge in [0.25, 0.3) is 0 Å². The zero-order chi connectivity index (χ0) is 18.5. The van der Waals surface area contributed by atoms with Crippen molar-refractivity contribution in [2.45, 2.75) is 13.3 Å². The topological polar surface area (TPSA) is 68.3 Å². The Hall–Kier alpha value is -2.99. The fourth-order valence-electron chi connectivity index (χ4n) is 2.43. The van der Waals surface area contributed by atoms with Gasteiger partial charge in [-0.15, -0.1) is 11.3 Å². The number of hydrogen-bond donors (Lipinski definition) is 1. The zero-order valence-corrected chi connectivity index (χ0v) is 15.3. The number of nitrogens with zero attached hydrogens (tertiary/aromatic N) is 1. The monoisotopic (exact) mass is 366 g/mol. The molecule has 6 heteroatoms. The van der Waals surface area contributed by atoms with Gasteiger partial charge < -0.3 is 10.1 Å². The quantitative estimate of drug-likeness (QED) is 0.691. The van der Waals surface area contributed by atoms with Crippen LogP contribution in [0.5, 0.6) is 0 Å². The highest BCUT2D eigenvalue weighted by molar-refractivity contribution is 7.13. The summed E-state index contributed by atoms with van der Waals surface area (Å²) in [5.74, 6) is -0.629. The van der Waals surface area contributed by atoms with Gasteiger partial charge in [-0.2, -0.15) is 0 Å². The van der Waals surface area contributed by atoms with E-state index in [0.717, 1.165) is 10.6 Å². The lowest BCUT2D eigenvalue weighted by atomic mass is 10.2. The van der Waals surface area contributed by atoms with Crippen molar-refractivity contribution in [1.29, 1.82) is 0 Å². The Morgan fingerprint density at radius 1 is 1.15 bits per heavy atom. The van der Waals surface area contributed by atoms with Gasteiger partial charge in [0.1, 0.15) is 5.01 Å². The average Bonchev–Trinajstić information content (AvgIpc) is 3.10. The number of benzene rings is 2. The number of aryl methyl sites for hydroxylation is 1. The number of aromatic nitrogens is 1. The van der Waals surface area contributed by atoms with Crippen LogP contribution in [0.4, 0.5) is 5.69 Å². The minimum Gasteiger partial charge on any atom is -0.465 e. The Balaban J connectivity index is 1.65. The van der Waals surface area contributed by atoms with Crippen molar-refractivity contribution < 1.29 is 14.3 Å². The van der Waals surface area contributed by atoms with Crippen molar-refractivity contribution in [1.82, 2.24) is 4.98 Å². The summed E-state index contributed by atoms with van der Waals surface area (Å²) < 4.78 is 4.68. The highest BCUT2D eigenvalue weighted by Gasteiger charge is 2.11. The zero-order valence-electron chi connectivity index (χ0n) is 14.5. The van der Waals surface area contributed by atoms with Gasteiger partial charge in [-0.05, 0) is 25.1 Å². The van der Waals surface area contributed by atoms with Gasteiger partial charge in [0.2, 0.25) is 5.91 Å². The van der Waals surface area contributed by atoms with Crippen molar-refractivity contribution in [2.24, 2.45) is 0 Å². The summed E-state index contributed by atoms with van der Waals surface area (Å²) in [6.07, 6.45) is 0.171. The van der Waals surface area contributed by atoms with Crippen molar-refractivity contribution >= 4 is 28.9 Å². The lowest BCUT2D eigenvalue weighted by Crippen LogP contribution is -2.15. The SMILES string of the molecule is COC(=O)c1cccc(NC(=O)Cc2csc(-c3ccc(C)cc3)n2)c1. The molecule has 3 rings (SSSR count). The number of amides is 1. The highest BCUT2D eigenvalue weighted by atomic mass is 32.1. The van der Waals surface area contributed by atoms with Crippen LogP contribution in [-0.2, 0) is 16.0 Å². The molecular formula is C20H18N2O3S. The first-order chi connectivity index (χ1) is 12.5. The number of anilines is 1. The Labute approximate surface area is 155 Å². The molecule has 3 aromatic rings. The molecule has 0 unspecified atom stereocenters. The van der Waals surface area contributed by atoms with Crippen molar-refractivity contribution in [2.75, 3.05) is 12.4 Å². The molecule has 0 radical (unpaired) electrons. The first-order valence-corrected chi connectivity index (χ1v) is 8.93. The first-order valence-electron chi connectivity index (χ1n) is 8.05. The van der Waals surface area contributed by atoms with E-state index in [-0.39, 0.29) is 12.3 Å². The number of carbonyl (C=O) groups is 2. The number of thiazole rings is 1. The van der Waals surface area contributed by atoms with E-state index < -0.39 is 5.97 Å². The molecule has 2 aromatic carbocycles. The third-order valence-electron chi connectivity index (χ3n) is 3.76. The number of methoxy groups -OCH3 is 1. The Morgan fingerprint density at radius 2 is 1.92 bits per heavy atom. The van der Waals surface area contributed by atoms with Gasteiger partial charge in [0.15, 0.2) is 0 Å². The lowest BCUT2D eigenvalue weighted by Gasteiger charge is -2.06. The minimum absolute atomic E-state index is 0.171. The normalized spacial score (nSPS) is 10.4. The van der Waals surface area contributed by atoms with E-state index in [2.05, 4.69) is 15.0 Å². The Bertz CT molecular complexity index is 932. The maximum absolute atomic E-state index is 12.3. The van der Waals surface area contributed by atoms with Crippen LogP contribution in [0, 0.1) is 6.92 Å². The smallest absolute Gasteiger partial charge is 0.337 e. The largest absolute Gasteiger partial charge is 0.465 e. The van der Waals surface area contributed by atoms with E-state index in [4.69, 9.17) is 0 Å². The second kappa shape index (κ2) is 7.93. The molecule has 1 heterocycles. The van der Waals surface area contributed by atoms with Crippen LogP contribution in [-0.4, -0.2) is 24.0 Å². The van der Waals surface area contributed by atoms with Crippen molar-refractivity contribution in [3.63, 3.8) is 0 Å². The van der Waals surface area contributed by atoms with E-state index in [1.807, 2.05) is 36.6 Å². The van der Waals surface area contributed by atoms with Crippen LogP contribution >= 0.6 is 11.3 Å². The third-order valence-corrected chi connectivity index (χ3v) is 4.70. The minimum atomic E-state index is -0.441. The van der Waals surface area contributed by atoms with Crippen molar-refractivity contribution in [3.05, 3.63) is 70.7 Å². The molecule has 5 nitrogen and oxygen atoms in total. The maximum Gasteiger partial charge on any atom is 0.337 e. The molecule has 26 heavy (non-hydrogen) atoms. The summed E-state index contributed by atoms with van der Waals surface area (Å²) in [7, 11) is 1.32. The number of rotatable bonds is 5. The predicted molar refractivity (Wildman–Crippen MR) is 102 cm³/mol. The van der Waals surface area contributed by atoms with Gasteiger partial charge in [0, 0.05) is 16.6 Å². The molecular weight excluding hydrogens is 348 g/mol. The van der Waals surface area contributed by atoms with Crippen LogP contribution < -0.4 is 5.32 Å². The molecule has 0 fully saturated rings. The van der Waals surface area contributed by atoms with E-state index in [9.17, 15) is 9.59 Å².